The monoisotopic (exact) mass is 522 g/mol. The fourth-order valence-electron chi connectivity index (χ4n) is 3.02. The van der Waals surface area contributed by atoms with Crippen LogP contribution in [0.2, 0.25) is 0 Å². The summed E-state index contributed by atoms with van der Waals surface area (Å²) in [6, 6.07) is 4.20. The number of carbonyl (C=O) groups is 1. The van der Waals surface area contributed by atoms with Crippen molar-refractivity contribution in [1.29, 1.82) is 0 Å². The van der Waals surface area contributed by atoms with Gasteiger partial charge in [-0.1, -0.05) is 31.7 Å². The largest absolute Gasteiger partial charge is 0.376 e. The van der Waals surface area contributed by atoms with Gasteiger partial charge in [0.05, 0.1) is 12.7 Å². The van der Waals surface area contributed by atoms with Crippen LogP contribution >= 0.6 is 35.3 Å². The van der Waals surface area contributed by atoms with Gasteiger partial charge in [-0.05, 0) is 30.7 Å². The number of amides is 1. The molecule has 0 spiro atoms. The number of aliphatic imine (C=N–C) groups is 1. The number of carbonyl (C=O) groups excluding carboxylic acids is 1. The molecule has 6 nitrogen and oxygen atoms in total. The first-order chi connectivity index (χ1) is 13.1. The third-order valence-corrected chi connectivity index (χ3v) is 5.60. The Morgan fingerprint density at radius 2 is 1.93 bits per heavy atom. The van der Waals surface area contributed by atoms with Gasteiger partial charge in [-0.3, -0.25) is 4.79 Å². The number of halogens is 1. The van der Waals surface area contributed by atoms with Crippen molar-refractivity contribution < 1.29 is 9.53 Å². The van der Waals surface area contributed by atoms with Crippen molar-refractivity contribution in [1.82, 2.24) is 15.5 Å². The Morgan fingerprint density at radius 1 is 1.21 bits per heavy atom. The van der Waals surface area contributed by atoms with Crippen LogP contribution in [0.5, 0.6) is 0 Å². The molecule has 28 heavy (non-hydrogen) atoms. The molecule has 1 aromatic heterocycles. The summed E-state index contributed by atoms with van der Waals surface area (Å²) in [7, 11) is 3.49. The van der Waals surface area contributed by atoms with Crippen molar-refractivity contribution >= 4 is 47.2 Å². The van der Waals surface area contributed by atoms with Crippen LogP contribution in [-0.2, 0) is 16.0 Å². The average molecular weight is 522 g/mol. The molecule has 0 aromatic carbocycles. The lowest BCUT2D eigenvalue weighted by Crippen LogP contribution is -2.41. The van der Waals surface area contributed by atoms with Crippen LogP contribution in [0.25, 0.3) is 0 Å². The molecule has 0 aliphatic heterocycles. The molecule has 1 amide bonds. The van der Waals surface area contributed by atoms with Gasteiger partial charge in [-0.25, -0.2) is 4.99 Å². The SMILES string of the molecule is CN(C)C(=O)CN=C(NCCOC1CCCCCC1)NCCc1cccs1.I. The normalized spacial score (nSPS) is 15.4. The van der Waals surface area contributed by atoms with Crippen LogP contribution in [0.15, 0.2) is 22.5 Å². The Hall–Kier alpha value is -0.870. The minimum absolute atomic E-state index is 0. The molecule has 1 aliphatic carbocycles. The zero-order chi connectivity index (χ0) is 19.3. The molecular weight excluding hydrogens is 487 g/mol. The summed E-state index contributed by atoms with van der Waals surface area (Å²) >= 11 is 1.75. The zero-order valence-corrected chi connectivity index (χ0v) is 20.3. The Kier molecular flexibility index (Phi) is 13.5. The van der Waals surface area contributed by atoms with Crippen molar-refractivity contribution in [2.24, 2.45) is 4.99 Å². The lowest BCUT2D eigenvalue weighted by Gasteiger charge is -2.17. The summed E-state index contributed by atoms with van der Waals surface area (Å²) < 4.78 is 6.02. The summed E-state index contributed by atoms with van der Waals surface area (Å²) in [6.45, 7) is 2.28. The highest BCUT2D eigenvalue weighted by atomic mass is 127. The summed E-state index contributed by atoms with van der Waals surface area (Å²) in [4.78, 5) is 19.1. The minimum Gasteiger partial charge on any atom is -0.376 e. The number of nitrogens with zero attached hydrogens (tertiary/aromatic N) is 2. The van der Waals surface area contributed by atoms with E-state index in [1.807, 2.05) is 0 Å². The highest BCUT2D eigenvalue weighted by Gasteiger charge is 2.12. The lowest BCUT2D eigenvalue weighted by molar-refractivity contribution is -0.127. The van der Waals surface area contributed by atoms with Crippen LogP contribution in [0.3, 0.4) is 0 Å². The van der Waals surface area contributed by atoms with E-state index in [4.69, 9.17) is 4.74 Å². The van der Waals surface area contributed by atoms with E-state index in [0.717, 1.165) is 13.0 Å². The van der Waals surface area contributed by atoms with Gasteiger partial charge in [0.15, 0.2) is 5.96 Å². The number of rotatable bonds is 9. The molecule has 1 aromatic rings. The first-order valence-corrected chi connectivity index (χ1v) is 10.9. The second-order valence-corrected chi connectivity index (χ2v) is 8.15. The van der Waals surface area contributed by atoms with E-state index in [9.17, 15) is 4.79 Å². The standard InChI is InChI=1S/C20H34N4O2S.HI/c1-24(2)19(25)16-23-20(21-12-11-18-10-7-15-27-18)22-13-14-26-17-8-5-3-4-6-9-17;/h7,10,15,17H,3-6,8-9,11-14,16H2,1-2H3,(H2,21,22,23);1H. The smallest absolute Gasteiger partial charge is 0.243 e. The maximum Gasteiger partial charge on any atom is 0.243 e. The van der Waals surface area contributed by atoms with Crippen molar-refractivity contribution in [3.63, 3.8) is 0 Å². The fourth-order valence-corrected chi connectivity index (χ4v) is 3.73. The predicted octanol–water partition coefficient (Wildman–Crippen LogP) is 3.27. The summed E-state index contributed by atoms with van der Waals surface area (Å²) in [6.07, 6.45) is 8.93. The molecule has 1 heterocycles. The number of thiophene rings is 1. The van der Waals surface area contributed by atoms with Crippen molar-refractivity contribution in [3.8, 4) is 0 Å². The molecule has 0 atom stereocenters. The number of hydrogen-bond acceptors (Lipinski definition) is 4. The van der Waals surface area contributed by atoms with E-state index < -0.39 is 0 Å². The van der Waals surface area contributed by atoms with Crippen LogP contribution in [0.4, 0.5) is 0 Å². The van der Waals surface area contributed by atoms with Crippen LogP contribution in [-0.4, -0.2) is 63.2 Å². The number of hydrogen-bond donors (Lipinski definition) is 2. The highest BCUT2D eigenvalue weighted by Crippen LogP contribution is 2.19. The maximum atomic E-state index is 11.8. The van der Waals surface area contributed by atoms with Crippen LogP contribution in [0, 0.1) is 0 Å². The molecule has 1 aliphatic rings. The van der Waals surface area contributed by atoms with Crippen LogP contribution < -0.4 is 10.6 Å². The maximum absolute atomic E-state index is 11.8. The van der Waals surface area contributed by atoms with E-state index >= 15 is 0 Å². The Balaban J connectivity index is 0.00000392. The molecule has 0 radical (unpaired) electrons. The average Bonchev–Trinajstić information content (AvgIpc) is 3.04. The van der Waals surface area contributed by atoms with Gasteiger partial charge in [-0.2, -0.15) is 0 Å². The topological polar surface area (TPSA) is 66.0 Å². The van der Waals surface area contributed by atoms with Gasteiger partial charge in [0.1, 0.15) is 6.54 Å². The molecule has 0 unspecified atom stereocenters. The number of nitrogens with one attached hydrogen (secondary N) is 2. The highest BCUT2D eigenvalue weighted by molar-refractivity contribution is 14.0. The van der Waals surface area contributed by atoms with E-state index in [-0.39, 0.29) is 36.4 Å². The second-order valence-electron chi connectivity index (χ2n) is 7.12. The minimum atomic E-state index is -0.0101. The second kappa shape index (κ2) is 15.0. The van der Waals surface area contributed by atoms with E-state index in [0.29, 0.717) is 25.2 Å². The number of ether oxygens (including phenoxy) is 1. The van der Waals surface area contributed by atoms with Crippen molar-refractivity contribution in [2.45, 2.75) is 51.0 Å². The molecule has 1 fully saturated rings. The summed E-state index contributed by atoms with van der Waals surface area (Å²) in [5, 5.41) is 8.70. The van der Waals surface area contributed by atoms with Crippen molar-refractivity contribution in [2.75, 3.05) is 40.3 Å². The molecule has 160 valence electrons. The number of likely N-dealkylation sites (N-methyl/N-ethyl adjacent to an activating group) is 1. The van der Waals surface area contributed by atoms with Gasteiger partial charge in [0, 0.05) is 32.1 Å². The first-order valence-electron chi connectivity index (χ1n) is 10.0. The van der Waals surface area contributed by atoms with E-state index in [1.54, 1.807) is 30.3 Å². The molecule has 2 rings (SSSR count). The van der Waals surface area contributed by atoms with Gasteiger partial charge < -0.3 is 20.3 Å². The Labute approximate surface area is 190 Å². The molecule has 1 saturated carbocycles. The van der Waals surface area contributed by atoms with Gasteiger partial charge in [-0.15, -0.1) is 35.3 Å². The van der Waals surface area contributed by atoms with Crippen LogP contribution in [0.1, 0.15) is 43.4 Å². The van der Waals surface area contributed by atoms with E-state index in [2.05, 4.69) is 33.1 Å². The molecule has 0 bridgehead atoms. The summed E-state index contributed by atoms with van der Waals surface area (Å²) in [5.74, 6) is 0.662. The van der Waals surface area contributed by atoms with Gasteiger partial charge in [0.2, 0.25) is 5.91 Å². The zero-order valence-electron chi connectivity index (χ0n) is 17.1. The molecular formula is C20H35IN4O2S. The number of guanidine groups is 1. The van der Waals surface area contributed by atoms with E-state index in [1.165, 1.54) is 43.4 Å². The third-order valence-electron chi connectivity index (χ3n) is 4.67. The Bertz CT molecular complexity index is 559. The molecule has 8 heteroatoms. The Morgan fingerprint density at radius 3 is 2.57 bits per heavy atom. The fraction of sp³-hybridized carbons (Fsp3) is 0.700. The molecule has 0 saturated heterocycles. The predicted molar refractivity (Wildman–Crippen MR) is 128 cm³/mol. The quantitative estimate of drug-likeness (QED) is 0.172. The van der Waals surface area contributed by atoms with Crippen molar-refractivity contribution in [3.05, 3.63) is 22.4 Å². The summed E-state index contributed by atoms with van der Waals surface area (Å²) in [5.41, 5.74) is 0. The molecule has 2 N–H and O–H groups in total. The lowest BCUT2D eigenvalue weighted by atomic mass is 10.1. The van der Waals surface area contributed by atoms with Gasteiger partial charge >= 0.3 is 0 Å². The third kappa shape index (κ3) is 10.6. The first kappa shape index (κ1) is 25.2. The van der Waals surface area contributed by atoms with Gasteiger partial charge in [0.25, 0.3) is 0 Å².